The molecule has 0 aliphatic heterocycles. The highest BCUT2D eigenvalue weighted by molar-refractivity contribution is 5.74. The number of phenolic OH excluding ortho intramolecular Hbond substituents is 3. The van der Waals surface area contributed by atoms with Crippen LogP contribution in [0.15, 0.2) is 60.7 Å². The average molecular weight is 648 g/mol. The lowest BCUT2D eigenvalue weighted by Gasteiger charge is -2.28. The van der Waals surface area contributed by atoms with Gasteiger partial charge in [0.2, 0.25) is 0 Å². The molecule has 0 spiro atoms. The fraction of sp³-hybridized carbons (Fsp3) is 0.429. The van der Waals surface area contributed by atoms with E-state index in [2.05, 4.69) is 113 Å². The third kappa shape index (κ3) is 7.08. The highest BCUT2D eigenvalue weighted by atomic mass is 16.3. The van der Waals surface area contributed by atoms with Gasteiger partial charge < -0.3 is 15.3 Å². The molecule has 0 saturated heterocycles. The van der Waals surface area contributed by atoms with Crippen LogP contribution in [0.4, 0.5) is 0 Å². The van der Waals surface area contributed by atoms with Crippen LogP contribution in [0.1, 0.15) is 128 Å². The van der Waals surface area contributed by atoms with E-state index in [-0.39, 0.29) is 27.4 Å². The van der Waals surface area contributed by atoms with Crippen molar-refractivity contribution in [3.8, 4) is 22.9 Å². The minimum Gasteiger partial charge on any atom is -0.507 e. The van der Waals surface area contributed by atoms with Crippen molar-refractivity contribution in [1.29, 1.82) is 0 Å². The molecule has 0 bridgehead atoms. The molecule has 3 N–H and O–H groups in total. The number of aromatic hydroxyl groups is 3. The molecular formula is C42H53N3O3. The number of rotatable bonds is 5. The zero-order valence-corrected chi connectivity index (χ0v) is 30.9. The van der Waals surface area contributed by atoms with Crippen LogP contribution in [-0.4, -0.2) is 30.3 Å². The zero-order valence-electron chi connectivity index (χ0n) is 30.9. The van der Waals surface area contributed by atoms with Gasteiger partial charge in [0.1, 0.15) is 34.0 Å². The minimum atomic E-state index is -0.275. The molecule has 0 fully saturated rings. The van der Waals surface area contributed by atoms with E-state index in [9.17, 15) is 15.3 Å². The van der Waals surface area contributed by atoms with Crippen LogP contribution in [0.2, 0.25) is 0 Å². The fourth-order valence-electron chi connectivity index (χ4n) is 6.43. The number of hydrogen-bond donors (Lipinski definition) is 3. The van der Waals surface area contributed by atoms with Crippen LogP contribution < -0.4 is 0 Å². The Morgan fingerprint density at radius 2 is 0.833 bits per heavy atom. The van der Waals surface area contributed by atoms with Crippen LogP contribution >= 0.6 is 0 Å². The Balaban J connectivity index is 1.71. The van der Waals surface area contributed by atoms with Gasteiger partial charge in [0.15, 0.2) is 0 Å². The van der Waals surface area contributed by atoms with E-state index in [0.717, 1.165) is 55.5 Å². The monoisotopic (exact) mass is 647 g/mol. The molecule has 0 saturated carbocycles. The van der Waals surface area contributed by atoms with Gasteiger partial charge in [-0.2, -0.15) is 0 Å². The first-order valence-electron chi connectivity index (χ1n) is 16.9. The molecule has 6 heteroatoms. The standard InChI is InChI=1S/C42H53N3O3/c1-39(2,3)29-20-26(21-30(37(29)47)40(4,5)6)17-25-18-28(36(46)35(24-25)45-43-33-15-13-14-16-34(33)44-45)19-27-22-31(41(7,8)9)38(48)32(23-27)42(10,11)12/h13-16,18,20-24,46-48H,17,19H2,1-12H3. The van der Waals surface area contributed by atoms with Crippen molar-refractivity contribution >= 4 is 11.0 Å². The molecule has 6 nitrogen and oxygen atoms in total. The molecule has 5 aromatic rings. The fourth-order valence-corrected chi connectivity index (χ4v) is 6.43. The van der Waals surface area contributed by atoms with Gasteiger partial charge in [-0.3, -0.25) is 0 Å². The van der Waals surface area contributed by atoms with Crippen molar-refractivity contribution in [1.82, 2.24) is 15.0 Å². The Bertz CT molecular complexity index is 1890. The summed E-state index contributed by atoms with van der Waals surface area (Å²) >= 11 is 0. The second kappa shape index (κ2) is 12.0. The molecular weight excluding hydrogens is 594 g/mol. The molecule has 0 unspecified atom stereocenters. The summed E-state index contributed by atoms with van der Waals surface area (Å²) in [5.74, 6) is 0.814. The molecule has 48 heavy (non-hydrogen) atoms. The predicted molar refractivity (Wildman–Crippen MR) is 197 cm³/mol. The summed E-state index contributed by atoms with van der Waals surface area (Å²) in [6, 6.07) is 20.1. The number of nitrogens with zero attached hydrogens (tertiary/aromatic N) is 3. The zero-order chi connectivity index (χ0) is 35.6. The third-order valence-electron chi connectivity index (χ3n) is 9.10. The Labute approximate surface area is 286 Å². The first-order chi connectivity index (χ1) is 22.0. The molecule has 254 valence electrons. The lowest BCUT2D eigenvalue weighted by molar-refractivity contribution is 0.422. The first kappa shape index (κ1) is 35.0. The van der Waals surface area contributed by atoms with Crippen LogP contribution in [0, 0.1) is 0 Å². The molecule has 1 aromatic heterocycles. The quantitative estimate of drug-likeness (QED) is 0.177. The van der Waals surface area contributed by atoms with Crippen LogP contribution in [0.25, 0.3) is 16.7 Å². The molecule has 4 aromatic carbocycles. The van der Waals surface area contributed by atoms with E-state index in [1.807, 2.05) is 30.3 Å². The average Bonchev–Trinajstić information content (AvgIpc) is 3.38. The van der Waals surface area contributed by atoms with Crippen molar-refractivity contribution in [2.45, 2.75) is 118 Å². The smallest absolute Gasteiger partial charge is 0.146 e. The van der Waals surface area contributed by atoms with Gasteiger partial charge in [-0.15, -0.1) is 15.0 Å². The summed E-state index contributed by atoms with van der Waals surface area (Å²) in [6.07, 6.45) is 1.04. The maximum atomic E-state index is 11.9. The molecule has 0 atom stereocenters. The van der Waals surface area contributed by atoms with Crippen molar-refractivity contribution < 1.29 is 15.3 Å². The normalized spacial score (nSPS) is 13.0. The van der Waals surface area contributed by atoms with E-state index < -0.39 is 0 Å². The molecule has 0 amide bonds. The van der Waals surface area contributed by atoms with E-state index in [4.69, 9.17) is 10.2 Å². The molecule has 1 heterocycles. The summed E-state index contributed by atoms with van der Waals surface area (Å²) in [4.78, 5) is 1.53. The van der Waals surface area contributed by atoms with Crippen molar-refractivity contribution in [2.24, 2.45) is 0 Å². The maximum absolute atomic E-state index is 11.9. The molecule has 5 rings (SSSR count). The maximum Gasteiger partial charge on any atom is 0.146 e. The van der Waals surface area contributed by atoms with Crippen molar-refractivity contribution in [3.05, 3.63) is 105 Å². The van der Waals surface area contributed by atoms with Gasteiger partial charge in [0.05, 0.1) is 0 Å². The van der Waals surface area contributed by atoms with Crippen molar-refractivity contribution in [2.75, 3.05) is 0 Å². The van der Waals surface area contributed by atoms with Gasteiger partial charge in [-0.05, 0) is 85.2 Å². The number of hydrogen-bond acceptors (Lipinski definition) is 5. The van der Waals surface area contributed by atoms with E-state index >= 15 is 0 Å². The van der Waals surface area contributed by atoms with Crippen LogP contribution in [-0.2, 0) is 34.5 Å². The van der Waals surface area contributed by atoms with Gasteiger partial charge in [-0.25, -0.2) is 0 Å². The largest absolute Gasteiger partial charge is 0.507 e. The number of benzene rings is 4. The number of phenols is 3. The Kier molecular flexibility index (Phi) is 8.73. The summed E-state index contributed by atoms with van der Waals surface area (Å²) in [5, 5.41) is 44.1. The summed E-state index contributed by atoms with van der Waals surface area (Å²) in [7, 11) is 0. The van der Waals surface area contributed by atoms with Gasteiger partial charge in [0.25, 0.3) is 0 Å². The minimum absolute atomic E-state index is 0.123. The van der Waals surface area contributed by atoms with Crippen molar-refractivity contribution in [3.63, 3.8) is 0 Å². The third-order valence-corrected chi connectivity index (χ3v) is 9.10. The summed E-state index contributed by atoms with van der Waals surface area (Å²) in [5.41, 5.74) is 8.38. The summed E-state index contributed by atoms with van der Waals surface area (Å²) < 4.78 is 0. The summed E-state index contributed by atoms with van der Waals surface area (Å²) in [6.45, 7) is 25.4. The second-order valence-corrected chi connectivity index (χ2v) is 17.5. The molecule has 0 radical (unpaired) electrons. The SMILES string of the molecule is CC(C)(C)c1cc(Cc2cc(Cc3cc(C(C)(C)C)c(O)c(C(C)(C)C)c3)c(O)c(-n3nc4ccccc4n3)c2)cc(C(C)(C)C)c1O. The van der Waals surface area contributed by atoms with Crippen LogP contribution in [0.3, 0.4) is 0 Å². The van der Waals surface area contributed by atoms with E-state index in [0.29, 0.717) is 30.0 Å². The number of fused-ring (bicyclic) bond motifs is 1. The Morgan fingerprint density at radius 3 is 1.21 bits per heavy atom. The van der Waals surface area contributed by atoms with Gasteiger partial charge in [-0.1, -0.05) is 126 Å². The lowest BCUT2D eigenvalue weighted by atomic mass is 9.77. The molecule has 0 aliphatic carbocycles. The Morgan fingerprint density at radius 1 is 0.479 bits per heavy atom. The highest BCUT2D eigenvalue weighted by Gasteiger charge is 2.29. The molecule has 0 aliphatic rings. The highest BCUT2D eigenvalue weighted by Crippen LogP contribution is 2.42. The van der Waals surface area contributed by atoms with E-state index in [1.165, 1.54) is 4.80 Å². The Hall–Kier alpha value is -4.32. The predicted octanol–water partition coefficient (Wildman–Crippen LogP) is 9.91. The second-order valence-electron chi connectivity index (χ2n) is 17.5. The number of aromatic nitrogens is 3. The van der Waals surface area contributed by atoms with Gasteiger partial charge in [0, 0.05) is 12.0 Å². The van der Waals surface area contributed by atoms with Crippen LogP contribution in [0.5, 0.6) is 17.2 Å². The van der Waals surface area contributed by atoms with E-state index in [1.54, 1.807) is 0 Å². The lowest BCUT2D eigenvalue weighted by Crippen LogP contribution is -2.18. The van der Waals surface area contributed by atoms with Gasteiger partial charge >= 0.3 is 0 Å². The first-order valence-corrected chi connectivity index (χ1v) is 16.9. The topological polar surface area (TPSA) is 91.4 Å².